The summed E-state index contributed by atoms with van der Waals surface area (Å²) in [6.45, 7) is 4.02. The van der Waals surface area contributed by atoms with E-state index in [1.165, 1.54) is 4.57 Å². The lowest BCUT2D eigenvalue weighted by molar-refractivity contribution is 0.891. The highest BCUT2D eigenvalue weighted by Gasteiger charge is 2.07. The molecule has 15 heavy (non-hydrogen) atoms. The molecule has 0 fully saturated rings. The molecule has 0 aliphatic rings. The number of nitrogens with zero attached hydrogens (tertiary/aromatic N) is 2. The summed E-state index contributed by atoms with van der Waals surface area (Å²) in [5.41, 5.74) is 3.59. The number of aryl methyl sites for hydroxylation is 3. The van der Waals surface area contributed by atoms with E-state index in [0.29, 0.717) is 0 Å². The normalized spacial score (nSPS) is 10.9. The fourth-order valence-corrected chi connectivity index (χ4v) is 1.76. The lowest BCUT2D eigenvalue weighted by Gasteiger charge is -2.07. The second kappa shape index (κ2) is 3.35. The molecule has 0 N–H and O–H groups in total. The fraction of sp³-hybridized carbons (Fsp3) is 0.273. The first-order chi connectivity index (χ1) is 7.00. The predicted molar refractivity (Wildman–Crippen MR) is 61.5 cm³/mol. The van der Waals surface area contributed by atoms with Crippen molar-refractivity contribution in [2.24, 2.45) is 7.05 Å². The van der Waals surface area contributed by atoms with Crippen LogP contribution in [0.5, 0.6) is 0 Å². The van der Waals surface area contributed by atoms with Gasteiger partial charge < -0.3 is 4.57 Å². The number of halogens is 1. The van der Waals surface area contributed by atoms with Gasteiger partial charge in [-0.1, -0.05) is 11.6 Å². The Hall–Kier alpha value is -1.35. The molecule has 0 atom stereocenters. The zero-order valence-electron chi connectivity index (χ0n) is 8.84. The van der Waals surface area contributed by atoms with E-state index in [9.17, 15) is 4.79 Å². The summed E-state index contributed by atoms with van der Waals surface area (Å²) in [6.07, 6.45) is 0. The average molecular weight is 223 g/mol. The SMILES string of the molecule is Cc1cc2nc(Cl)c(=O)n(C)c2cc1C. The van der Waals surface area contributed by atoms with Crippen LogP contribution in [0.4, 0.5) is 0 Å². The smallest absolute Gasteiger partial charge is 0.288 e. The molecule has 1 aromatic carbocycles. The summed E-state index contributed by atoms with van der Waals surface area (Å²) in [7, 11) is 1.70. The van der Waals surface area contributed by atoms with E-state index >= 15 is 0 Å². The molecule has 0 aliphatic heterocycles. The minimum atomic E-state index is -0.257. The molecule has 1 heterocycles. The van der Waals surface area contributed by atoms with Gasteiger partial charge in [0, 0.05) is 7.05 Å². The van der Waals surface area contributed by atoms with E-state index in [2.05, 4.69) is 4.98 Å². The number of benzene rings is 1. The summed E-state index contributed by atoms with van der Waals surface area (Å²) >= 11 is 5.74. The molecule has 1 aromatic heterocycles. The van der Waals surface area contributed by atoms with Gasteiger partial charge in [-0.3, -0.25) is 4.79 Å². The number of rotatable bonds is 0. The molecule has 3 nitrogen and oxygen atoms in total. The van der Waals surface area contributed by atoms with Crippen LogP contribution in [-0.2, 0) is 7.05 Å². The molecule has 0 saturated heterocycles. The number of hydrogen-bond acceptors (Lipinski definition) is 2. The molecule has 0 bridgehead atoms. The minimum absolute atomic E-state index is 0.0215. The van der Waals surface area contributed by atoms with E-state index in [1.807, 2.05) is 26.0 Å². The highest BCUT2D eigenvalue weighted by molar-refractivity contribution is 6.29. The Morgan fingerprint density at radius 1 is 1.27 bits per heavy atom. The van der Waals surface area contributed by atoms with Crippen molar-refractivity contribution < 1.29 is 0 Å². The molecule has 2 aromatic rings. The van der Waals surface area contributed by atoms with Gasteiger partial charge in [-0.25, -0.2) is 4.98 Å². The molecule has 2 rings (SSSR count). The summed E-state index contributed by atoms with van der Waals surface area (Å²) in [5.74, 6) is 0. The third-order valence-electron chi connectivity index (χ3n) is 2.65. The van der Waals surface area contributed by atoms with Crippen molar-refractivity contribution in [3.8, 4) is 0 Å². The van der Waals surface area contributed by atoms with Crippen molar-refractivity contribution in [1.29, 1.82) is 0 Å². The van der Waals surface area contributed by atoms with Crippen LogP contribution in [0.15, 0.2) is 16.9 Å². The maximum Gasteiger partial charge on any atom is 0.288 e. The molecule has 0 aliphatic carbocycles. The van der Waals surface area contributed by atoms with Crippen LogP contribution < -0.4 is 5.56 Å². The Morgan fingerprint density at radius 3 is 2.53 bits per heavy atom. The van der Waals surface area contributed by atoms with Gasteiger partial charge in [0.15, 0.2) is 5.15 Å². The van der Waals surface area contributed by atoms with Gasteiger partial charge in [-0.15, -0.1) is 0 Å². The maximum atomic E-state index is 11.5. The van der Waals surface area contributed by atoms with Gasteiger partial charge in [-0.05, 0) is 37.1 Å². The Balaban J connectivity index is 3.00. The highest BCUT2D eigenvalue weighted by atomic mass is 35.5. The molecule has 0 saturated carbocycles. The van der Waals surface area contributed by atoms with Crippen molar-refractivity contribution in [1.82, 2.24) is 9.55 Å². The molecule has 0 radical (unpaired) electrons. The van der Waals surface area contributed by atoms with Gasteiger partial charge in [0.1, 0.15) is 0 Å². The maximum absolute atomic E-state index is 11.5. The number of hydrogen-bond donors (Lipinski definition) is 0. The van der Waals surface area contributed by atoms with Crippen LogP contribution in [0.2, 0.25) is 5.15 Å². The molecular weight excluding hydrogens is 212 g/mol. The minimum Gasteiger partial charge on any atom is -0.307 e. The quantitative estimate of drug-likeness (QED) is 0.685. The van der Waals surface area contributed by atoms with Crippen molar-refractivity contribution in [2.45, 2.75) is 13.8 Å². The monoisotopic (exact) mass is 222 g/mol. The van der Waals surface area contributed by atoms with E-state index in [1.54, 1.807) is 7.05 Å². The summed E-state index contributed by atoms with van der Waals surface area (Å²) < 4.78 is 1.52. The van der Waals surface area contributed by atoms with E-state index in [-0.39, 0.29) is 10.7 Å². The lowest BCUT2D eigenvalue weighted by Crippen LogP contribution is -2.19. The number of aromatic nitrogens is 2. The molecular formula is C11H11ClN2O. The first-order valence-electron chi connectivity index (χ1n) is 4.64. The van der Waals surface area contributed by atoms with Crippen LogP contribution in [0.3, 0.4) is 0 Å². The van der Waals surface area contributed by atoms with Crippen molar-refractivity contribution in [3.05, 3.63) is 38.8 Å². The Morgan fingerprint density at radius 2 is 1.87 bits per heavy atom. The summed E-state index contributed by atoms with van der Waals surface area (Å²) in [4.78, 5) is 15.6. The van der Waals surface area contributed by atoms with Gasteiger partial charge >= 0.3 is 0 Å². The summed E-state index contributed by atoms with van der Waals surface area (Å²) in [6, 6.07) is 3.89. The van der Waals surface area contributed by atoms with Crippen LogP contribution in [0.1, 0.15) is 11.1 Å². The zero-order valence-corrected chi connectivity index (χ0v) is 9.59. The van der Waals surface area contributed by atoms with Crippen LogP contribution >= 0.6 is 11.6 Å². The van der Waals surface area contributed by atoms with Gasteiger partial charge in [0.05, 0.1) is 11.0 Å². The molecule has 0 unspecified atom stereocenters. The summed E-state index contributed by atoms with van der Waals surface area (Å²) in [5, 5.41) is 0.0215. The first kappa shape index (κ1) is 10.2. The lowest BCUT2D eigenvalue weighted by atomic mass is 10.1. The third kappa shape index (κ3) is 1.53. The zero-order chi connectivity index (χ0) is 11.2. The molecule has 4 heteroatoms. The van der Waals surface area contributed by atoms with Crippen molar-refractivity contribution >= 4 is 22.6 Å². The van der Waals surface area contributed by atoms with Crippen LogP contribution in [0.25, 0.3) is 11.0 Å². The third-order valence-corrected chi connectivity index (χ3v) is 2.90. The fourth-order valence-electron chi connectivity index (χ4n) is 1.55. The predicted octanol–water partition coefficient (Wildman–Crippen LogP) is 2.20. The van der Waals surface area contributed by atoms with E-state index in [0.717, 1.165) is 22.2 Å². The first-order valence-corrected chi connectivity index (χ1v) is 5.02. The second-order valence-electron chi connectivity index (χ2n) is 3.69. The topological polar surface area (TPSA) is 34.9 Å². The van der Waals surface area contributed by atoms with Gasteiger partial charge in [0.2, 0.25) is 0 Å². The standard InChI is InChI=1S/C11H11ClN2O/c1-6-4-8-9(5-7(6)2)14(3)11(15)10(12)13-8/h4-5H,1-3H3. The Kier molecular flexibility index (Phi) is 2.27. The van der Waals surface area contributed by atoms with Gasteiger partial charge in [0.25, 0.3) is 5.56 Å². The molecule has 0 spiro atoms. The average Bonchev–Trinajstić information content (AvgIpc) is 2.19. The largest absolute Gasteiger partial charge is 0.307 e. The van der Waals surface area contributed by atoms with Crippen LogP contribution in [-0.4, -0.2) is 9.55 Å². The highest BCUT2D eigenvalue weighted by Crippen LogP contribution is 2.17. The number of fused-ring (bicyclic) bond motifs is 1. The second-order valence-corrected chi connectivity index (χ2v) is 4.05. The van der Waals surface area contributed by atoms with E-state index < -0.39 is 0 Å². The molecule has 0 amide bonds. The molecule has 78 valence electrons. The van der Waals surface area contributed by atoms with Crippen molar-refractivity contribution in [3.63, 3.8) is 0 Å². The van der Waals surface area contributed by atoms with Crippen molar-refractivity contribution in [2.75, 3.05) is 0 Å². The van der Waals surface area contributed by atoms with E-state index in [4.69, 9.17) is 11.6 Å². The van der Waals surface area contributed by atoms with Gasteiger partial charge in [-0.2, -0.15) is 0 Å². The Bertz CT molecular complexity index is 602. The Labute approximate surface area is 92.3 Å². The van der Waals surface area contributed by atoms with Crippen LogP contribution in [0, 0.1) is 13.8 Å².